The number of amides is 2. The van der Waals surface area contributed by atoms with Crippen molar-refractivity contribution >= 4 is 33.4 Å². The van der Waals surface area contributed by atoms with E-state index < -0.39 is 27.4 Å². The first-order valence-electron chi connectivity index (χ1n) is 10.5. The SMILES string of the molecule is CCOc1ccccc1CN1C(=O)CN(S(C)(=O)=O)C[C@]1(C)C(=O)NCc1ccc(Cl)cc1. The topological polar surface area (TPSA) is 96.0 Å². The molecule has 1 N–H and O–H groups in total. The second kappa shape index (κ2) is 10.1. The van der Waals surface area contributed by atoms with E-state index in [9.17, 15) is 18.0 Å². The highest BCUT2D eigenvalue weighted by atomic mass is 35.5. The summed E-state index contributed by atoms with van der Waals surface area (Å²) in [7, 11) is -3.68. The van der Waals surface area contributed by atoms with E-state index in [1.807, 2.05) is 25.1 Å². The number of piperazine rings is 1. The lowest BCUT2D eigenvalue weighted by Crippen LogP contribution is -2.69. The number of sulfonamides is 1. The Morgan fingerprint density at radius 1 is 1.18 bits per heavy atom. The molecule has 0 aromatic heterocycles. The number of hydrogen-bond donors (Lipinski definition) is 1. The van der Waals surface area contributed by atoms with Crippen molar-refractivity contribution in [2.24, 2.45) is 0 Å². The van der Waals surface area contributed by atoms with Crippen LogP contribution in [-0.4, -0.2) is 60.9 Å². The van der Waals surface area contributed by atoms with Gasteiger partial charge in [-0.15, -0.1) is 0 Å². The Hall–Kier alpha value is -2.62. The maximum absolute atomic E-state index is 13.4. The van der Waals surface area contributed by atoms with E-state index in [0.717, 1.165) is 21.7 Å². The average molecular weight is 494 g/mol. The molecule has 0 spiro atoms. The highest BCUT2D eigenvalue weighted by Gasteiger charge is 2.49. The molecule has 2 amide bonds. The van der Waals surface area contributed by atoms with Crippen LogP contribution >= 0.6 is 11.6 Å². The standard InChI is InChI=1S/C23H28ClN3O5S/c1-4-32-20-8-6-5-7-18(20)14-27-21(28)15-26(33(3,30)31)16-23(27,2)22(29)25-13-17-9-11-19(24)12-10-17/h5-12H,4,13-16H2,1-3H3,(H,25,29)/t23-/m1/s1. The lowest BCUT2D eigenvalue weighted by molar-refractivity contribution is -0.153. The van der Waals surface area contributed by atoms with Crippen molar-refractivity contribution < 1.29 is 22.7 Å². The molecule has 8 nitrogen and oxygen atoms in total. The molecule has 1 heterocycles. The van der Waals surface area contributed by atoms with Gasteiger partial charge in [0, 0.05) is 23.7 Å². The third-order valence-corrected chi connectivity index (χ3v) is 7.07. The first-order chi connectivity index (χ1) is 15.5. The fourth-order valence-corrected chi connectivity index (χ4v) is 4.72. The summed E-state index contributed by atoms with van der Waals surface area (Å²) in [4.78, 5) is 28.0. The number of nitrogens with one attached hydrogen (secondary N) is 1. The quantitative estimate of drug-likeness (QED) is 0.609. The molecule has 0 radical (unpaired) electrons. The number of para-hydroxylation sites is 1. The van der Waals surface area contributed by atoms with Gasteiger partial charge in [-0.05, 0) is 37.6 Å². The van der Waals surface area contributed by atoms with E-state index in [-0.39, 0.29) is 26.2 Å². The molecule has 0 aliphatic carbocycles. The van der Waals surface area contributed by atoms with Crippen molar-refractivity contribution in [1.29, 1.82) is 0 Å². The highest BCUT2D eigenvalue weighted by Crippen LogP contribution is 2.29. The van der Waals surface area contributed by atoms with Gasteiger partial charge in [0.05, 0.1) is 26.0 Å². The Morgan fingerprint density at radius 3 is 2.48 bits per heavy atom. The Morgan fingerprint density at radius 2 is 1.85 bits per heavy atom. The van der Waals surface area contributed by atoms with Crippen molar-refractivity contribution in [3.8, 4) is 5.75 Å². The molecule has 1 saturated heterocycles. The Balaban J connectivity index is 1.91. The number of carbonyl (C=O) groups is 2. The summed E-state index contributed by atoms with van der Waals surface area (Å²) in [5.41, 5.74) is 0.133. The van der Waals surface area contributed by atoms with Crippen LogP contribution in [0.15, 0.2) is 48.5 Å². The Bertz CT molecular complexity index is 1120. The Labute approximate surface area is 199 Å². The minimum Gasteiger partial charge on any atom is -0.494 e. The van der Waals surface area contributed by atoms with E-state index in [0.29, 0.717) is 17.4 Å². The summed E-state index contributed by atoms with van der Waals surface area (Å²) in [5.74, 6) is -0.294. The van der Waals surface area contributed by atoms with Crippen LogP contribution in [0.4, 0.5) is 0 Å². The van der Waals surface area contributed by atoms with Crippen LogP contribution < -0.4 is 10.1 Å². The number of benzene rings is 2. The van der Waals surface area contributed by atoms with Crippen LogP contribution in [0.5, 0.6) is 5.75 Å². The molecule has 0 saturated carbocycles. The predicted octanol–water partition coefficient (Wildman–Crippen LogP) is 2.42. The molecule has 1 atom stereocenters. The largest absolute Gasteiger partial charge is 0.494 e. The van der Waals surface area contributed by atoms with Crippen LogP contribution in [0.2, 0.25) is 5.02 Å². The van der Waals surface area contributed by atoms with Crippen molar-refractivity contribution in [2.45, 2.75) is 32.5 Å². The zero-order chi connectivity index (χ0) is 24.2. The van der Waals surface area contributed by atoms with E-state index in [2.05, 4.69) is 5.32 Å². The smallest absolute Gasteiger partial charge is 0.247 e. The van der Waals surface area contributed by atoms with Crippen LogP contribution in [0.25, 0.3) is 0 Å². The molecular formula is C23H28ClN3O5S. The molecular weight excluding hydrogens is 466 g/mol. The molecule has 2 aromatic rings. The molecule has 178 valence electrons. The van der Waals surface area contributed by atoms with Gasteiger partial charge < -0.3 is 15.0 Å². The number of nitrogens with zero attached hydrogens (tertiary/aromatic N) is 2. The van der Waals surface area contributed by atoms with Gasteiger partial charge in [-0.3, -0.25) is 9.59 Å². The van der Waals surface area contributed by atoms with Gasteiger partial charge in [0.1, 0.15) is 11.3 Å². The molecule has 2 aromatic carbocycles. The second-order valence-corrected chi connectivity index (χ2v) is 10.6. The van der Waals surface area contributed by atoms with E-state index >= 15 is 0 Å². The van der Waals surface area contributed by atoms with Gasteiger partial charge in [0.2, 0.25) is 21.8 Å². The van der Waals surface area contributed by atoms with Crippen molar-refractivity contribution in [1.82, 2.24) is 14.5 Å². The monoisotopic (exact) mass is 493 g/mol. The first kappa shape index (κ1) is 25.0. The Kier molecular flexibility index (Phi) is 7.66. The zero-order valence-electron chi connectivity index (χ0n) is 18.9. The lowest BCUT2D eigenvalue weighted by Gasteiger charge is -2.46. The summed E-state index contributed by atoms with van der Waals surface area (Å²) in [6.07, 6.45) is 1.03. The van der Waals surface area contributed by atoms with Gasteiger partial charge >= 0.3 is 0 Å². The molecule has 0 bridgehead atoms. The second-order valence-electron chi connectivity index (χ2n) is 8.13. The first-order valence-corrected chi connectivity index (χ1v) is 12.8. The molecule has 1 aliphatic rings. The molecule has 10 heteroatoms. The number of rotatable bonds is 8. The summed E-state index contributed by atoms with van der Waals surface area (Å²) < 4.78 is 31.2. The molecule has 0 unspecified atom stereocenters. The van der Waals surface area contributed by atoms with Crippen molar-refractivity contribution in [2.75, 3.05) is 26.0 Å². The molecule has 1 aliphatic heterocycles. The van der Waals surface area contributed by atoms with Crippen molar-refractivity contribution in [3.05, 3.63) is 64.7 Å². The number of carbonyl (C=O) groups excluding carboxylic acids is 2. The van der Waals surface area contributed by atoms with Crippen LogP contribution in [0.3, 0.4) is 0 Å². The summed E-state index contributed by atoms with van der Waals surface area (Å²) in [5, 5.41) is 3.43. The molecule has 3 rings (SSSR count). The van der Waals surface area contributed by atoms with Crippen LogP contribution in [0.1, 0.15) is 25.0 Å². The van der Waals surface area contributed by atoms with Crippen LogP contribution in [0, 0.1) is 0 Å². The molecule has 33 heavy (non-hydrogen) atoms. The van der Waals surface area contributed by atoms with Gasteiger partial charge in [-0.2, -0.15) is 4.31 Å². The van der Waals surface area contributed by atoms with Gasteiger partial charge in [0.15, 0.2) is 0 Å². The summed E-state index contributed by atoms with van der Waals surface area (Å²) >= 11 is 5.92. The maximum Gasteiger partial charge on any atom is 0.247 e. The van der Waals surface area contributed by atoms with E-state index in [4.69, 9.17) is 16.3 Å². The maximum atomic E-state index is 13.4. The minimum atomic E-state index is -3.68. The number of halogens is 1. The number of hydrogen-bond acceptors (Lipinski definition) is 5. The minimum absolute atomic E-state index is 0.109. The van der Waals surface area contributed by atoms with E-state index in [1.54, 1.807) is 37.3 Å². The summed E-state index contributed by atoms with van der Waals surface area (Å²) in [6, 6.07) is 14.3. The van der Waals surface area contributed by atoms with Crippen molar-refractivity contribution in [3.63, 3.8) is 0 Å². The van der Waals surface area contributed by atoms with Gasteiger partial charge in [0.25, 0.3) is 0 Å². The summed E-state index contributed by atoms with van der Waals surface area (Å²) in [6.45, 7) is 3.74. The highest BCUT2D eigenvalue weighted by molar-refractivity contribution is 7.88. The number of ether oxygens (including phenoxy) is 1. The zero-order valence-corrected chi connectivity index (χ0v) is 20.4. The normalized spacial score (nSPS) is 19.4. The van der Waals surface area contributed by atoms with Gasteiger partial charge in [-0.1, -0.05) is 41.9 Å². The molecule has 1 fully saturated rings. The predicted molar refractivity (Wildman–Crippen MR) is 126 cm³/mol. The van der Waals surface area contributed by atoms with Crippen LogP contribution in [-0.2, 0) is 32.7 Å². The average Bonchev–Trinajstić information content (AvgIpc) is 2.76. The van der Waals surface area contributed by atoms with E-state index in [1.165, 1.54) is 4.90 Å². The fraction of sp³-hybridized carbons (Fsp3) is 0.391. The third kappa shape index (κ3) is 5.85. The van der Waals surface area contributed by atoms with Gasteiger partial charge in [-0.25, -0.2) is 8.42 Å². The fourth-order valence-electron chi connectivity index (χ4n) is 3.76. The lowest BCUT2D eigenvalue weighted by atomic mass is 9.94. The third-order valence-electron chi connectivity index (χ3n) is 5.62.